The first-order valence-corrected chi connectivity index (χ1v) is 17.3. The molecule has 0 spiro atoms. The first-order chi connectivity index (χ1) is 20.9. The molecule has 3 fully saturated rings. The van der Waals surface area contributed by atoms with Crippen molar-refractivity contribution in [1.29, 1.82) is 5.26 Å². The SMILES string of the molecule is CC.CC12CCCN1CC(F)C2.CCc1nc2c(c(N3CC(C)C3(C)C)n1)CCC(c1c([C@@H](C)CC)ccc(N)c1C#N)C2. The van der Waals surface area contributed by atoms with Gasteiger partial charge in [-0.2, -0.15) is 5.26 Å². The van der Waals surface area contributed by atoms with E-state index in [-0.39, 0.29) is 17.0 Å². The van der Waals surface area contributed by atoms with Crippen molar-refractivity contribution in [2.45, 2.75) is 143 Å². The minimum Gasteiger partial charge on any atom is -0.398 e. The van der Waals surface area contributed by atoms with Gasteiger partial charge in [-0.1, -0.05) is 47.6 Å². The number of hydrogen-bond donors (Lipinski definition) is 1. The van der Waals surface area contributed by atoms with Gasteiger partial charge in [-0.3, -0.25) is 4.90 Å². The number of rotatable bonds is 5. The fourth-order valence-corrected chi connectivity index (χ4v) is 7.79. The van der Waals surface area contributed by atoms with Crippen LogP contribution in [0.1, 0.15) is 140 Å². The summed E-state index contributed by atoms with van der Waals surface area (Å²) in [5.74, 6) is 3.38. The molecule has 44 heavy (non-hydrogen) atoms. The van der Waals surface area contributed by atoms with Crippen molar-refractivity contribution in [3.8, 4) is 6.07 Å². The second kappa shape index (κ2) is 13.7. The fraction of sp³-hybridized carbons (Fsp3) is 0.703. The van der Waals surface area contributed by atoms with Gasteiger partial charge in [-0.05, 0) is 107 Å². The molecule has 0 saturated carbocycles. The Morgan fingerprint density at radius 3 is 2.48 bits per heavy atom. The Labute approximate surface area is 266 Å². The number of fused-ring (bicyclic) bond motifs is 2. The van der Waals surface area contributed by atoms with E-state index in [0.717, 1.165) is 68.8 Å². The molecule has 0 amide bonds. The van der Waals surface area contributed by atoms with Gasteiger partial charge in [0, 0.05) is 41.8 Å². The lowest BCUT2D eigenvalue weighted by Crippen LogP contribution is -2.63. The highest BCUT2D eigenvalue weighted by atomic mass is 19.1. The van der Waals surface area contributed by atoms with E-state index in [1.165, 1.54) is 29.7 Å². The summed E-state index contributed by atoms with van der Waals surface area (Å²) in [6.07, 6.45) is 7.35. The van der Waals surface area contributed by atoms with Crippen LogP contribution in [0.2, 0.25) is 0 Å². The van der Waals surface area contributed by atoms with Crippen molar-refractivity contribution < 1.29 is 4.39 Å². The van der Waals surface area contributed by atoms with Gasteiger partial charge in [-0.25, -0.2) is 14.4 Å². The number of aromatic nitrogens is 2. The molecule has 7 heteroatoms. The molecule has 1 aromatic carbocycles. The number of halogens is 1. The highest BCUT2D eigenvalue weighted by molar-refractivity contribution is 5.63. The highest BCUT2D eigenvalue weighted by Gasteiger charge is 2.46. The summed E-state index contributed by atoms with van der Waals surface area (Å²) in [6.45, 7) is 22.6. The maximum atomic E-state index is 12.8. The Balaban J connectivity index is 0.000000307. The summed E-state index contributed by atoms with van der Waals surface area (Å²) in [5, 5.41) is 9.96. The van der Waals surface area contributed by atoms with E-state index in [2.05, 4.69) is 70.4 Å². The largest absolute Gasteiger partial charge is 0.398 e. The zero-order valence-corrected chi connectivity index (χ0v) is 28.9. The molecular weight excluding hydrogens is 547 g/mol. The number of anilines is 2. The van der Waals surface area contributed by atoms with E-state index >= 15 is 0 Å². The van der Waals surface area contributed by atoms with Crippen molar-refractivity contribution >= 4 is 11.5 Å². The Bertz CT molecular complexity index is 1350. The topological polar surface area (TPSA) is 82.1 Å². The van der Waals surface area contributed by atoms with Crippen molar-refractivity contribution in [2.75, 3.05) is 30.3 Å². The minimum absolute atomic E-state index is 0.121. The van der Waals surface area contributed by atoms with Crippen molar-refractivity contribution in [3.63, 3.8) is 0 Å². The normalized spacial score (nSPS) is 27.5. The van der Waals surface area contributed by atoms with Crippen molar-refractivity contribution in [2.24, 2.45) is 5.92 Å². The predicted octanol–water partition coefficient (Wildman–Crippen LogP) is 8.12. The van der Waals surface area contributed by atoms with Gasteiger partial charge in [0.25, 0.3) is 0 Å². The third-order valence-corrected chi connectivity index (χ3v) is 11.2. The van der Waals surface area contributed by atoms with Crippen LogP contribution in [0, 0.1) is 17.2 Å². The molecule has 5 atom stereocenters. The highest BCUT2D eigenvalue weighted by Crippen LogP contribution is 2.45. The molecule has 3 aliphatic heterocycles. The Hall–Kier alpha value is -2.72. The Morgan fingerprint density at radius 2 is 1.89 bits per heavy atom. The number of hydrogen-bond acceptors (Lipinski definition) is 6. The molecule has 242 valence electrons. The average molecular weight is 605 g/mol. The monoisotopic (exact) mass is 604 g/mol. The van der Waals surface area contributed by atoms with Crippen LogP contribution in [0.15, 0.2) is 12.1 Å². The van der Waals surface area contributed by atoms with E-state index in [1.807, 2.05) is 19.9 Å². The maximum absolute atomic E-state index is 12.8. The van der Waals surface area contributed by atoms with Crippen LogP contribution in [0.3, 0.4) is 0 Å². The first kappa shape index (κ1) is 34.2. The van der Waals surface area contributed by atoms with Crippen LogP contribution in [-0.4, -0.2) is 51.8 Å². The molecular formula is C37H57FN6. The quantitative estimate of drug-likeness (QED) is 0.347. The van der Waals surface area contributed by atoms with Crippen LogP contribution >= 0.6 is 0 Å². The molecule has 4 aliphatic rings. The summed E-state index contributed by atoms with van der Waals surface area (Å²) in [5.41, 5.74) is 12.8. The Kier molecular flexibility index (Phi) is 10.7. The summed E-state index contributed by atoms with van der Waals surface area (Å²) in [6, 6.07) is 6.47. The van der Waals surface area contributed by atoms with Gasteiger partial charge < -0.3 is 10.6 Å². The predicted molar refractivity (Wildman–Crippen MR) is 181 cm³/mol. The van der Waals surface area contributed by atoms with E-state index in [0.29, 0.717) is 29.6 Å². The number of nitrogens with two attached hydrogens (primary N) is 1. The summed E-state index contributed by atoms with van der Waals surface area (Å²) >= 11 is 0. The minimum atomic E-state index is -0.551. The number of nitrogen functional groups attached to an aromatic ring is 1. The van der Waals surface area contributed by atoms with Gasteiger partial charge in [0.1, 0.15) is 23.9 Å². The molecule has 2 N–H and O–H groups in total. The molecule has 3 saturated heterocycles. The van der Waals surface area contributed by atoms with Crippen LogP contribution in [0.4, 0.5) is 15.9 Å². The van der Waals surface area contributed by atoms with Gasteiger partial charge >= 0.3 is 0 Å². The van der Waals surface area contributed by atoms with Crippen molar-refractivity contribution in [1.82, 2.24) is 14.9 Å². The fourth-order valence-electron chi connectivity index (χ4n) is 7.79. The summed E-state index contributed by atoms with van der Waals surface area (Å²) in [4.78, 5) is 14.8. The van der Waals surface area contributed by atoms with Crippen LogP contribution in [0.5, 0.6) is 0 Å². The van der Waals surface area contributed by atoms with Crippen molar-refractivity contribution in [3.05, 3.63) is 45.9 Å². The lowest BCUT2D eigenvalue weighted by molar-refractivity contribution is 0.215. The second-order valence-electron chi connectivity index (χ2n) is 14.1. The number of aryl methyl sites for hydroxylation is 1. The standard InChI is InChI=1S/C27H37N5.C8H14FN.C2H6/c1-7-16(3)19-11-12-22(29)21(14-28)25(19)18-9-10-20-23(13-18)30-24(8-2)31-26(20)32-15-17(4)27(32,5)6;1-8-3-2-4-10(8)6-7(9)5-8;1-2/h11-12,16-18H,7-10,13,15,29H2,1-6H3;7H,2-6H2,1H3;1-2H3/t16-,17?,18?;;/m0../s1. The number of benzene rings is 1. The van der Waals surface area contributed by atoms with Gasteiger partial charge in [-0.15, -0.1) is 0 Å². The van der Waals surface area contributed by atoms with Crippen LogP contribution in [0.25, 0.3) is 0 Å². The van der Waals surface area contributed by atoms with E-state index in [9.17, 15) is 9.65 Å². The molecule has 6 nitrogen and oxygen atoms in total. The smallest absolute Gasteiger partial charge is 0.136 e. The third kappa shape index (κ3) is 6.34. The number of nitriles is 1. The molecule has 4 unspecified atom stereocenters. The lowest BCUT2D eigenvalue weighted by Gasteiger charge is -2.55. The van der Waals surface area contributed by atoms with E-state index in [4.69, 9.17) is 15.7 Å². The van der Waals surface area contributed by atoms with E-state index in [1.54, 1.807) is 0 Å². The first-order valence-electron chi connectivity index (χ1n) is 17.3. The number of alkyl halides is 1. The lowest BCUT2D eigenvalue weighted by atomic mass is 9.75. The molecule has 6 rings (SSSR count). The van der Waals surface area contributed by atoms with Crippen LogP contribution < -0.4 is 10.6 Å². The second-order valence-corrected chi connectivity index (χ2v) is 14.1. The molecule has 0 radical (unpaired) electrons. The molecule has 1 aromatic heterocycles. The van der Waals surface area contributed by atoms with Gasteiger partial charge in [0.2, 0.25) is 0 Å². The number of nitrogens with zero attached hydrogens (tertiary/aromatic N) is 5. The average Bonchev–Trinajstić information content (AvgIpc) is 3.52. The molecule has 2 aromatic rings. The third-order valence-electron chi connectivity index (χ3n) is 11.2. The van der Waals surface area contributed by atoms with Gasteiger partial charge in [0.05, 0.1) is 11.3 Å². The molecule has 4 heterocycles. The zero-order valence-electron chi connectivity index (χ0n) is 28.9. The molecule has 0 bridgehead atoms. The van der Waals surface area contributed by atoms with Crippen LogP contribution in [-0.2, 0) is 19.3 Å². The molecule has 1 aliphatic carbocycles. The van der Waals surface area contributed by atoms with E-state index < -0.39 is 6.17 Å². The summed E-state index contributed by atoms with van der Waals surface area (Å²) < 4.78 is 12.8. The Morgan fingerprint density at radius 1 is 1.16 bits per heavy atom. The maximum Gasteiger partial charge on any atom is 0.136 e. The zero-order chi connectivity index (χ0) is 32.4. The summed E-state index contributed by atoms with van der Waals surface area (Å²) in [7, 11) is 0. The van der Waals surface area contributed by atoms with Gasteiger partial charge in [0.15, 0.2) is 0 Å².